The van der Waals surface area contributed by atoms with E-state index < -0.39 is 0 Å². The molecule has 41 heavy (non-hydrogen) atoms. The first-order valence-corrected chi connectivity index (χ1v) is 16.3. The van der Waals surface area contributed by atoms with Crippen molar-refractivity contribution in [2.45, 2.75) is 13.3 Å². The number of aryl methyl sites for hydroxylation is 1. The molecular formula is C29H35Cl2IN6O2S. The molecule has 0 aliphatic heterocycles. The van der Waals surface area contributed by atoms with Gasteiger partial charge in [0.2, 0.25) is 5.91 Å². The standard InChI is InChI=1S/C29H34Cl2N6O2S.HI/c1-19-22(6-5-7-25(19)37(13-11-30)14-12-31)35-29(39)20-8-9-26-23(16-20)34-28(36(26)2)24-17-21(18-32-24)33-27(38)10-15-40(3)4;/h5-9,16-18H,10-15H2,1-4H3,(H2-,32,33,34,35,38,39);1H. The zero-order valence-corrected chi connectivity index (χ0v) is 28.0. The molecule has 4 aromatic rings. The van der Waals surface area contributed by atoms with Crippen LogP contribution in [-0.2, 0) is 22.7 Å². The van der Waals surface area contributed by atoms with E-state index in [1.165, 1.54) is 0 Å². The fraction of sp³-hybridized carbons (Fsp3) is 0.345. The van der Waals surface area contributed by atoms with Crippen molar-refractivity contribution in [3.8, 4) is 11.5 Å². The number of fused-ring (bicyclic) bond motifs is 1. The zero-order valence-electron chi connectivity index (χ0n) is 23.6. The Morgan fingerprint density at radius 3 is 2.49 bits per heavy atom. The molecule has 0 bridgehead atoms. The predicted molar refractivity (Wildman–Crippen MR) is 171 cm³/mol. The summed E-state index contributed by atoms with van der Waals surface area (Å²) in [5.74, 6) is 2.32. The van der Waals surface area contributed by atoms with E-state index in [4.69, 9.17) is 28.2 Å². The van der Waals surface area contributed by atoms with Crippen LogP contribution in [0.1, 0.15) is 22.3 Å². The number of hydrogen-bond acceptors (Lipinski definition) is 4. The monoisotopic (exact) mass is 728 g/mol. The first-order valence-electron chi connectivity index (χ1n) is 13.0. The average molecular weight is 730 g/mol. The Morgan fingerprint density at radius 1 is 1.07 bits per heavy atom. The third-order valence-electron chi connectivity index (χ3n) is 6.69. The maximum atomic E-state index is 13.3. The second-order valence-electron chi connectivity index (χ2n) is 9.76. The highest BCUT2D eigenvalue weighted by molar-refractivity contribution is 7.95. The number of aromatic amines is 1. The van der Waals surface area contributed by atoms with Gasteiger partial charge in [0.25, 0.3) is 5.91 Å². The highest BCUT2D eigenvalue weighted by atomic mass is 127. The third-order valence-corrected chi connectivity index (χ3v) is 8.05. The number of benzene rings is 2. The summed E-state index contributed by atoms with van der Waals surface area (Å²) in [7, 11) is 2.15. The van der Waals surface area contributed by atoms with Gasteiger partial charge in [-0.1, -0.05) is 6.07 Å². The van der Waals surface area contributed by atoms with E-state index in [1.807, 2.05) is 48.9 Å². The Hall–Kier alpha value is -2.41. The van der Waals surface area contributed by atoms with E-state index in [0.29, 0.717) is 53.9 Å². The Bertz CT molecular complexity index is 1500. The van der Waals surface area contributed by atoms with Gasteiger partial charge in [-0.3, -0.25) is 9.59 Å². The van der Waals surface area contributed by atoms with Crippen molar-refractivity contribution in [1.29, 1.82) is 0 Å². The number of carbonyl (C=O) groups is 2. The van der Waals surface area contributed by atoms with Crippen molar-refractivity contribution in [3.05, 3.63) is 59.8 Å². The van der Waals surface area contributed by atoms with E-state index in [-0.39, 0.29) is 46.7 Å². The van der Waals surface area contributed by atoms with Crippen LogP contribution in [0.3, 0.4) is 0 Å². The smallest absolute Gasteiger partial charge is 0.255 e. The maximum absolute atomic E-state index is 13.3. The number of anilines is 3. The zero-order chi connectivity index (χ0) is 28.8. The van der Waals surface area contributed by atoms with Crippen LogP contribution in [0.15, 0.2) is 48.7 Å². The van der Waals surface area contributed by atoms with Crippen molar-refractivity contribution in [2.24, 2.45) is 7.05 Å². The fourth-order valence-corrected chi connectivity index (χ4v) is 5.55. The Kier molecular flexibility index (Phi) is 12.2. The van der Waals surface area contributed by atoms with E-state index in [2.05, 4.69) is 33.0 Å². The summed E-state index contributed by atoms with van der Waals surface area (Å²) in [5.41, 5.74) is 6.24. The number of aromatic nitrogens is 3. The Balaban J connectivity index is 0.00000462. The molecule has 0 aliphatic carbocycles. The van der Waals surface area contributed by atoms with Gasteiger partial charge >= 0.3 is 0 Å². The topological polar surface area (TPSA) is 95.0 Å². The minimum absolute atomic E-state index is 0. The average Bonchev–Trinajstić information content (AvgIpc) is 3.52. The number of imidazole rings is 1. The van der Waals surface area contributed by atoms with Crippen LogP contribution in [-0.4, -0.2) is 69.5 Å². The minimum Gasteiger partial charge on any atom is -1.00 e. The molecule has 2 amide bonds. The quantitative estimate of drug-likeness (QED) is 0.119. The molecular weight excluding hydrogens is 694 g/mol. The largest absolute Gasteiger partial charge is 1.00 e. The summed E-state index contributed by atoms with van der Waals surface area (Å²) >= 11 is 12.0. The van der Waals surface area contributed by atoms with Crippen molar-refractivity contribution in [2.75, 3.05) is 58.6 Å². The molecule has 2 aromatic carbocycles. The lowest BCUT2D eigenvalue weighted by Gasteiger charge is -2.26. The summed E-state index contributed by atoms with van der Waals surface area (Å²) in [6, 6.07) is 13.2. The summed E-state index contributed by atoms with van der Waals surface area (Å²) in [6.07, 6.45) is 6.52. The van der Waals surface area contributed by atoms with Crippen LogP contribution >= 0.6 is 23.2 Å². The summed E-state index contributed by atoms with van der Waals surface area (Å²) < 4.78 is 1.96. The second kappa shape index (κ2) is 15.2. The molecule has 0 atom stereocenters. The molecule has 0 spiro atoms. The van der Waals surface area contributed by atoms with Crippen molar-refractivity contribution < 1.29 is 33.6 Å². The highest BCUT2D eigenvalue weighted by Crippen LogP contribution is 2.29. The molecule has 8 nitrogen and oxygen atoms in total. The first-order chi connectivity index (χ1) is 19.2. The molecule has 0 saturated carbocycles. The summed E-state index contributed by atoms with van der Waals surface area (Å²) in [5, 5.41) is 6.00. The van der Waals surface area contributed by atoms with Crippen LogP contribution in [0.4, 0.5) is 17.1 Å². The number of nitrogens with one attached hydrogen (secondary N) is 3. The van der Waals surface area contributed by atoms with Crippen LogP contribution in [0.5, 0.6) is 0 Å². The molecule has 0 aliphatic rings. The molecule has 12 heteroatoms. The summed E-state index contributed by atoms with van der Waals surface area (Å²) in [4.78, 5) is 35.6. The third kappa shape index (κ3) is 8.12. The summed E-state index contributed by atoms with van der Waals surface area (Å²) in [6.45, 7) is 3.31. The number of rotatable bonds is 12. The van der Waals surface area contributed by atoms with E-state index in [9.17, 15) is 9.59 Å². The number of alkyl halides is 2. The van der Waals surface area contributed by atoms with Gasteiger partial charge < -0.3 is 49.1 Å². The Morgan fingerprint density at radius 2 is 1.80 bits per heavy atom. The van der Waals surface area contributed by atoms with E-state index >= 15 is 0 Å². The van der Waals surface area contributed by atoms with Crippen molar-refractivity contribution >= 4 is 74.0 Å². The molecule has 3 N–H and O–H groups in total. The van der Waals surface area contributed by atoms with Crippen LogP contribution in [0.2, 0.25) is 0 Å². The Labute approximate surface area is 270 Å². The van der Waals surface area contributed by atoms with Crippen LogP contribution in [0.25, 0.3) is 22.6 Å². The van der Waals surface area contributed by atoms with Gasteiger partial charge in [-0.05, 0) is 59.8 Å². The SMILES string of the molecule is Cc1c(NC(=O)c2ccc3c(c2)nc(-c2cc(NC(=O)CC[S+](C)C)c[nH]2)n3C)cccc1N(CCCl)CCCl.[I-]. The molecule has 4 rings (SSSR count). The molecule has 0 fully saturated rings. The molecule has 2 aromatic heterocycles. The normalized spacial score (nSPS) is 11.0. The predicted octanol–water partition coefficient (Wildman–Crippen LogP) is 2.62. The van der Waals surface area contributed by atoms with Crippen LogP contribution < -0.4 is 39.5 Å². The minimum atomic E-state index is -0.220. The number of hydrogen-bond donors (Lipinski definition) is 3. The van der Waals surface area contributed by atoms with Gasteiger partial charge in [-0.2, -0.15) is 0 Å². The number of amides is 2. The van der Waals surface area contributed by atoms with Gasteiger partial charge in [-0.25, -0.2) is 4.98 Å². The lowest BCUT2D eigenvalue weighted by molar-refractivity contribution is -0.115. The number of nitrogens with zero attached hydrogens (tertiary/aromatic N) is 3. The van der Waals surface area contributed by atoms with Gasteiger partial charge in [0, 0.05) is 55.0 Å². The van der Waals surface area contributed by atoms with Gasteiger partial charge in [0.1, 0.15) is 5.75 Å². The number of carbonyl (C=O) groups excluding carboxylic acids is 2. The lowest BCUT2D eigenvalue weighted by Crippen LogP contribution is -3.00. The van der Waals surface area contributed by atoms with E-state index in [0.717, 1.165) is 33.9 Å². The molecule has 220 valence electrons. The molecule has 2 heterocycles. The van der Waals surface area contributed by atoms with Gasteiger partial charge in [-0.15, -0.1) is 23.2 Å². The molecule has 0 unspecified atom stereocenters. The number of halogens is 3. The van der Waals surface area contributed by atoms with Gasteiger partial charge in [0.05, 0.1) is 41.3 Å². The van der Waals surface area contributed by atoms with Crippen molar-refractivity contribution in [1.82, 2.24) is 14.5 Å². The maximum Gasteiger partial charge on any atom is 0.255 e. The fourth-order valence-electron chi connectivity index (χ4n) is 4.55. The lowest BCUT2D eigenvalue weighted by atomic mass is 10.1. The van der Waals surface area contributed by atoms with Crippen LogP contribution in [0, 0.1) is 6.92 Å². The first kappa shape index (κ1) is 33.1. The van der Waals surface area contributed by atoms with E-state index in [1.54, 1.807) is 18.3 Å². The highest BCUT2D eigenvalue weighted by Gasteiger charge is 2.17. The van der Waals surface area contributed by atoms with Crippen molar-refractivity contribution in [3.63, 3.8) is 0 Å². The number of H-pyrrole nitrogens is 1. The molecule has 0 saturated heterocycles. The second-order valence-corrected chi connectivity index (χ2v) is 12.9. The van der Waals surface area contributed by atoms with Gasteiger partial charge in [0.15, 0.2) is 5.82 Å². The molecule has 0 radical (unpaired) electrons.